The van der Waals surface area contributed by atoms with Crippen molar-refractivity contribution >= 4 is 0 Å². The van der Waals surface area contributed by atoms with Crippen molar-refractivity contribution in [3.8, 4) is 0 Å². The molecular formula is C6H12O4. The number of hydrogen-bond donors (Lipinski definition) is 3. The van der Waals surface area contributed by atoms with Crippen molar-refractivity contribution in [3.63, 3.8) is 0 Å². The van der Waals surface area contributed by atoms with Gasteiger partial charge in [0.25, 0.3) is 0 Å². The van der Waals surface area contributed by atoms with Crippen molar-refractivity contribution in [2.75, 3.05) is 6.61 Å². The Kier molecular flexibility index (Phi) is 2.25. The van der Waals surface area contributed by atoms with E-state index in [-0.39, 0.29) is 6.61 Å². The minimum atomic E-state index is -0.944. The fourth-order valence-corrected chi connectivity index (χ4v) is 1.05. The molecule has 4 nitrogen and oxygen atoms in total. The van der Waals surface area contributed by atoms with E-state index in [0.29, 0.717) is 0 Å². The molecule has 1 rings (SSSR count). The predicted octanol–water partition coefficient (Wildman–Crippen LogP) is -1.51. The molecule has 0 amide bonds. The summed E-state index contributed by atoms with van der Waals surface area (Å²) >= 11 is 0. The number of hydrogen-bond acceptors (Lipinski definition) is 4. The molecular weight excluding hydrogens is 136 g/mol. The third-order valence-corrected chi connectivity index (χ3v) is 1.67. The molecule has 0 aromatic rings. The molecule has 0 spiro atoms. The van der Waals surface area contributed by atoms with E-state index in [1.165, 1.54) is 6.92 Å². The van der Waals surface area contributed by atoms with Crippen LogP contribution in [0.25, 0.3) is 0 Å². The van der Waals surface area contributed by atoms with Crippen LogP contribution in [0.2, 0.25) is 0 Å². The quantitative estimate of drug-likeness (QED) is 0.422. The first-order valence-electron chi connectivity index (χ1n) is 3.28. The lowest BCUT2D eigenvalue weighted by molar-refractivity contribution is -0.0429. The van der Waals surface area contributed by atoms with Crippen LogP contribution in [0.1, 0.15) is 6.92 Å². The Morgan fingerprint density at radius 2 is 2.10 bits per heavy atom. The van der Waals surface area contributed by atoms with Crippen molar-refractivity contribution in [2.24, 2.45) is 0 Å². The molecule has 0 aromatic heterocycles. The van der Waals surface area contributed by atoms with Crippen molar-refractivity contribution in [1.29, 1.82) is 0 Å². The molecule has 10 heavy (non-hydrogen) atoms. The molecule has 0 aliphatic carbocycles. The summed E-state index contributed by atoms with van der Waals surface area (Å²) in [5, 5.41) is 27.0. The molecule has 1 fully saturated rings. The van der Waals surface area contributed by atoms with E-state index in [0.717, 1.165) is 0 Å². The molecule has 1 aliphatic heterocycles. The van der Waals surface area contributed by atoms with Crippen LogP contribution in [0.3, 0.4) is 0 Å². The summed E-state index contributed by atoms with van der Waals surface area (Å²) in [7, 11) is 0. The molecule has 4 atom stereocenters. The van der Waals surface area contributed by atoms with E-state index in [2.05, 4.69) is 0 Å². The first-order valence-corrected chi connectivity index (χ1v) is 3.28. The molecule has 0 saturated carbocycles. The van der Waals surface area contributed by atoms with Crippen LogP contribution in [0.5, 0.6) is 0 Å². The molecule has 3 N–H and O–H groups in total. The molecule has 0 bridgehead atoms. The zero-order chi connectivity index (χ0) is 7.72. The van der Waals surface area contributed by atoms with Crippen LogP contribution in [-0.4, -0.2) is 46.3 Å². The van der Waals surface area contributed by atoms with E-state index in [9.17, 15) is 0 Å². The first-order chi connectivity index (χ1) is 4.63. The second-order valence-corrected chi connectivity index (χ2v) is 2.60. The molecule has 1 aliphatic rings. The lowest BCUT2D eigenvalue weighted by atomic mass is 10.1. The molecule has 60 valence electrons. The van der Waals surface area contributed by atoms with Crippen molar-refractivity contribution in [1.82, 2.24) is 0 Å². The van der Waals surface area contributed by atoms with Gasteiger partial charge in [-0.25, -0.2) is 0 Å². The van der Waals surface area contributed by atoms with Gasteiger partial charge < -0.3 is 20.1 Å². The highest BCUT2D eigenvalue weighted by Gasteiger charge is 2.37. The highest BCUT2D eigenvalue weighted by Crippen LogP contribution is 2.16. The Hall–Kier alpha value is -0.160. The highest BCUT2D eigenvalue weighted by molar-refractivity contribution is 4.85. The number of rotatable bonds is 1. The van der Waals surface area contributed by atoms with Crippen LogP contribution >= 0.6 is 0 Å². The van der Waals surface area contributed by atoms with Crippen molar-refractivity contribution < 1.29 is 20.1 Å². The fourth-order valence-electron chi connectivity index (χ4n) is 1.05. The third kappa shape index (κ3) is 1.29. The SMILES string of the molecule is C[C@@H](O)[C@@H]1OC[C@H](O)[C@H]1O. The second-order valence-electron chi connectivity index (χ2n) is 2.60. The van der Waals surface area contributed by atoms with Crippen LogP contribution in [0.15, 0.2) is 0 Å². The minimum absolute atomic E-state index is 0.108. The average Bonchev–Trinajstić information content (AvgIpc) is 2.14. The highest BCUT2D eigenvalue weighted by atomic mass is 16.5. The maximum atomic E-state index is 9.09. The Morgan fingerprint density at radius 1 is 1.50 bits per heavy atom. The van der Waals surface area contributed by atoms with E-state index >= 15 is 0 Å². The average molecular weight is 148 g/mol. The zero-order valence-electron chi connectivity index (χ0n) is 5.77. The normalized spacial score (nSPS) is 43.8. The van der Waals surface area contributed by atoms with E-state index in [1.807, 2.05) is 0 Å². The van der Waals surface area contributed by atoms with Crippen molar-refractivity contribution in [2.45, 2.75) is 31.3 Å². The van der Waals surface area contributed by atoms with Gasteiger partial charge in [0.15, 0.2) is 0 Å². The maximum Gasteiger partial charge on any atom is 0.112 e. The topological polar surface area (TPSA) is 69.9 Å². The maximum absolute atomic E-state index is 9.09. The molecule has 0 aromatic carbocycles. The van der Waals surface area contributed by atoms with Crippen LogP contribution < -0.4 is 0 Å². The molecule has 4 heteroatoms. The van der Waals surface area contributed by atoms with Gasteiger partial charge in [-0.3, -0.25) is 0 Å². The van der Waals surface area contributed by atoms with Crippen LogP contribution in [0.4, 0.5) is 0 Å². The largest absolute Gasteiger partial charge is 0.391 e. The van der Waals surface area contributed by atoms with Gasteiger partial charge in [-0.05, 0) is 6.92 Å². The molecule has 1 saturated heterocycles. The Bertz CT molecular complexity index is 114. The summed E-state index contributed by atoms with van der Waals surface area (Å²) in [4.78, 5) is 0. The zero-order valence-corrected chi connectivity index (χ0v) is 5.77. The molecule has 0 unspecified atom stereocenters. The molecule has 0 radical (unpaired) electrons. The third-order valence-electron chi connectivity index (χ3n) is 1.67. The number of ether oxygens (including phenoxy) is 1. The predicted molar refractivity (Wildman–Crippen MR) is 33.4 cm³/mol. The van der Waals surface area contributed by atoms with Gasteiger partial charge in [0, 0.05) is 0 Å². The van der Waals surface area contributed by atoms with E-state index < -0.39 is 24.4 Å². The Morgan fingerprint density at radius 3 is 2.30 bits per heavy atom. The Balaban J connectivity index is 2.49. The van der Waals surface area contributed by atoms with E-state index in [4.69, 9.17) is 20.1 Å². The Labute approximate surface area is 59.1 Å². The van der Waals surface area contributed by atoms with Crippen molar-refractivity contribution in [3.05, 3.63) is 0 Å². The summed E-state index contributed by atoms with van der Waals surface area (Å²) in [6.45, 7) is 1.63. The summed E-state index contributed by atoms with van der Waals surface area (Å²) in [5.41, 5.74) is 0. The number of aliphatic hydroxyl groups is 3. The fraction of sp³-hybridized carbons (Fsp3) is 1.00. The van der Waals surface area contributed by atoms with Gasteiger partial charge in [0.1, 0.15) is 18.3 Å². The van der Waals surface area contributed by atoms with Gasteiger partial charge in [-0.15, -0.1) is 0 Å². The smallest absolute Gasteiger partial charge is 0.112 e. The van der Waals surface area contributed by atoms with Crippen LogP contribution in [0, 0.1) is 0 Å². The van der Waals surface area contributed by atoms with Gasteiger partial charge in [0.2, 0.25) is 0 Å². The van der Waals surface area contributed by atoms with Gasteiger partial charge >= 0.3 is 0 Å². The van der Waals surface area contributed by atoms with Crippen LogP contribution in [-0.2, 0) is 4.74 Å². The van der Waals surface area contributed by atoms with Gasteiger partial charge in [0.05, 0.1) is 12.7 Å². The molecule has 1 heterocycles. The summed E-state index contributed by atoms with van der Waals surface area (Å²) in [5.74, 6) is 0. The van der Waals surface area contributed by atoms with Gasteiger partial charge in [-0.2, -0.15) is 0 Å². The summed E-state index contributed by atoms with van der Waals surface area (Å²) in [6.07, 6.45) is -3.15. The number of aliphatic hydroxyl groups excluding tert-OH is 3. The lowest BCUT2D eigenvalue weighted by Crippen LogP contribution is -2.36. The summed E-state index contributed by atoms with van der Waals surface area (Å²) < 4.78 is 4.89. The van der Waals surface area contributed by atoms with Gasteiger partial charge in [-0.1, -0.05) is 0 Å². The first kappa shape index (κ1) is 7.94. The lowest BCUT2D eigenvalue weighted by Gasteiger charge is -2.16. The van der Waals surface area contributed by atoms with E-state index in [1.54, 1.807) is 0 Å². The summed E-state index contributed by atoms with van der Waals surface area (Å²) in [6, 6.07) is 0. The second kappa shape index (κ2) is 2.84. The standard InChI is InChI=1S/C6H12O4/c1-3(7)6-5(9)4(8)2-10-6/h3-9H,2H2,1H3/t3-,4+,5-,6+/m1/s1. The monoisotopic (exact) mass is 148 g/mol. The minimum Gasteiger partial charge on any atom is -0.391 e.